The molecular formula is C10H11FINO. The molecule has 0 unspecified atom stereocenters. The van der Waals surface area contributed by atoms with Gasteiger partial charge in [-0.15, -0.1) is 0 Å². The van der Waals surface area contributed by atoms with E-state index in [-0.39, 0.29) is 11.7 Å². The van der Waals surface area contributed by atoms with E-state index < -0.39 is 0 Å². The van der Waals surface area contributed by atoms with Gasteiger partial charge in [-0.3, -0.25) is 4.79 Å². The number of hydrogen-bond acceptors (Lipinski definition) is 1. The molecule has 1 rings (SSSR count). The van der Waals surface area contributed by atoms with Crippen molar-refractivity contribution in [2.24, 2.45) is 0 Å². The van der Waals surface area contributed by atoms with Gasteiger partial charge < -0.3 is 5.32 Å². The van der Waals surface area contributed by atoms with Gasteiger partial charge in [-0.1, -0.05) is 34.7 Å². The maximum Gasteiger partial charge on any atom is 0.224 e. The van der Waals surface area contributed by atoms with Crippen LogP contribution >= 0.6 is 22.6 Å². The highest BCUT2D eigenvalue weighted by Gasteiger charge is 2.01. The molecule has 0 saturated carbocycles. The Hall–Kier alpha value is -0.650. The van der Waals surface area contributed by atoms with Crippen molar-refractivity contribution in [3.63, 3.8) is 0 Å². The fourth-order valence-electron chi connectivity index (χ4n) is 1.04. The molecule has 0 fully saturated rings. The molecule has 2 nitrogen and oxygen atoms in total. The van der Waals surface area contributed by atoms with Crippen LogP contribution in [-0.4, -0.2) is 16.9 Å². The van der Waals surface area contributed by atoms with E-state index >= 15 is 0 Å². The summed E-state index contributed by atoms with van der Waals surface area (Å²) < 4.78 is 13.4. The van der Waals surface area contributed by atoms with Crippen molar-refractivity contribution in [3.05, 3.63) is 35.6 Å². The number of nitrogens with one attached hydrogen (secondary N) is 1. The quantitative estimate of drug-likeness (QED) is 0.668. The zero-order chi connectivity index (χ0) is 10.4. The molecule has 0 aliphatic rings. The highest BCUT2D eigenvalue weighted by Crippen LogP contribution is 2.03. The van der Waals surface area contributed by atoms with Crippen LogP contribution in [0.4, 0.5) is 4.39 Å². The average Bonchev–Trinajstić information content (AvgIpc) is 2.18. The monoisotopic (exact) mass is 307 g/mol. The van der Waals surface area contributed by atoms with Crippen LogP contribution in [0.1, 0.15) is 5.56 Å². The van der Waals surface area contributed by atoms with E-state index in [0.29, 0.717) is 13.0 Å². The summed E-state index contributed by atoms with van der Waals surface area (Å²) in [7, 11) is 0. The third-order valence-corrected chi connectivity index (χ3v) is 2.23. The molecule has 0 heterocycles. The minimum Gasteiger partial charge on any atom is -0.355 e. The molecular weight excluding hydrogens is 296 g/mol. The molecule has 1 amide bonds. The molecule has 14 heavy (non-hydrogen) atoms. The van der Waals surface area contributed by atoms with Crippen molar-refractivity contribution in [1.82, 2.24) is 5.32 Å². The highest BCUT2D eigenvalue weighted by atomic mass is 127. The van der Waals surface area contributed by atoms with Crippen molar-refractivity contribution in [1.29, 1.82) is 0 Å². The van der Waals surface area contributed by atoms with Crippen LogP contribution in [0.25, 0.3) is 0 Å². The molecule has 76 valence electrons. The fraction of sp³-hybridized carbons (Fsp3) is 0.300. The first kappa shape index (κ1) is 11.4. The SMILES string of the molecule is O=C(Cc1ccc(F)cc1)NCCI. The first-order valence-electron chi connectivity index (χ1n) is 4.29. The van der Waals surface area contributed by atoms with Crippen LogP contribution in [0.15, 0.2) is 24.3 Å². The predicted octanol–water partition coefficient (Wildman–Crippen LogP) is 1.92. The Morgan fingerprint density at radius 3 is 2.57 bits per heavy atom. The lowest BCUT2D eigenvalue weighted by molar-refractivity contribution is -0.120. The smallest absolute Gasteiger partial charge is 0.224 e. The summed E-state index contributed by atoms with van der Waals surface area (Å²) in [5.41, 5.74) is 0.831. The molecule has 0 aliphatic carbocycles. The van der Waals surface area contributed by atoms with Crippen molar-refractivity contribution < 1.29 is 9.18 Å². The summed E-state index contributed by atoms with van der Waals surface area (Å²) in [5, 5.41) is 2.76. The maximum atomic E-state index is 12.5. The first-order valence-corrected chi connectivity index (χ1v) is 5.82. The Morgan fingerprint density at radius 2 is 2.00 bits per heavy atom. The third-order valence-electron chi connectivity index (χ3n) is 1.69. The average molecular weight is 307 g/mol. The number of carbonyl (C=O) groups excluding carboxylic acids is 1. The molecule has 0 aromatic heterocycles. The number of amides is 1. The normalized spacial score (nSPS) is 9.86. The molecule has 0 spiro atoms. The number of halogens is 2. The van der Waals surface area contributed by atoms with Crippen molar-refractivity contribution in [2.75, 3.05) is 11.0 Å². The van der Waals surface area contributed by atoms with Crippen molar-refractivity contribution in [2.45, 2.75) is 6.42 Å². The molecule has 0 saturated heterocycles. The van der Waals surface area contributed by atoms with Crippen LogP contribution in [0.5, 0.6) is 0 Å². The van der Waals surface area contributed by atoms with E-state index in [1.807, 2.05) is 0 Å². The highest BCUT2D eigenvalue weighted by molar-refractivity contribution is 14.1. The van der Waals surface area contributed by atoms with Crippen molar-refractivity contribution in [3.8, 4) is 0 Å². The van der Waals surface area contributed by atoms with E-state index in [0.717, 1.165) is 9.99 Å². The van der Waals surface area contributed by atoms with Gasteiger partial charge in [0.1, 0.15) is 5.82 Å². The molecule has 1 aromatic carbocycles. The Labute approximate surface area is 96.0 Å². The van der Waals surface area contributed by atoms with Gasteiger partial charge in [0.2, 0.25) is 5.91 Å². The van der Waals surface area contributed by atoms with Crippen LogP contribution in [0.2, 0.25) is 0 Å². The lowest BCUT2D eigenvalue weighted by Crippen LogP contribution is -2.26. The van der Waals surface area contributed by atoms with Gasteiger partial charge >= 0.3 is 0 Å². The molecule has 1 aromatic rings. The third kappa shape index (κ3) is 4.04. The van der Waals surface area contributed by atoms with Crippen LogP contribution in [0.3, 0.4) is 0 Å². The number of rotatable bonds is 4. The second-order valence-electron chi connectivity index (χ2n) is 2.84. The second-order valence-corrected chi connectivity index (χ2v) is 3.92. The van der Waals surface area contributed by atoms with E-state index in [1.165, 1.54) is 12.1 Å². The Balaban J connectivity index is 2.44. The van der Waals surface area contributed by atoms with Gasteiger partial charge in [-0.25, -0.2) is 4.39 Å². The van der Waals surface area contributed by atoms with Crippen LogP contribution in [0, 0.1) is 5.82 Å². The summed E-state index contributed by atoms with van der Waals surface area (Å²) in [6.45, 7) is 0.681. The van der Waals surface area contributed by atoms with Gasteiger partial charge in [-0.2, -0.15) is 0 Å². The fourth-order valence-corrected chi connectivity index (χ4v) is 1.31. The van der Waals surface area contributed by atoms with Gasteiger partial charge in [0.15, 0.2) is 0 Å². The predicted molar refractivity (Wildman–Crippen MR) is 62.0 cm³/mol. The molecule has 0 aliphatic heterocycles. The number of carbonyl (C=O) groups is 1. The Kier molecular flexibility index (Phi) is 4.86. The molecule has 1 N–H and O–H groups in total. The molecule has 0 radical (unpaired) electrons. The number of hydrogen-bond donors (Lipinski definition) is 1. The largest absolute Gasteiger partial charge is 0.355 e. The van der Waals surface area contributed by atoms with E-state index in [9.17, 15) is 9.18 Å². The Bertz CT molecular complexity index is 299. The standard InChI is InChI=1S/C10H11FINO/c11-9-3-1-8(2-4-9)7-10(14)13-6-5-12/h1-4H,5-7H2,(H,13,14). The van der Waals surface area contributed by atoms with Crippen molar-refractivity contribution >= 4 is 28.5 Å². The summed E-state index contributed by atoms with van der Waals surface area (Å²) >= 11 is 2.19. The zero-order valence-corrected chi connectivity index (χ0v) is 9.75. The number of benzene rings is 1. The van der Waals surface area contributed by atoms with Gasteiger partial charge in [0, 0.05) is 11.0 Å². The summed E-state index contributed by atoms with van der Waals surface area (Å²) in [6.07, 6.45) is 0.316. The van der Waals surface area contributed by atoms with E-state index in [4.69, 9.17) is 0 Å². The zero-order valence-electron chi connectivity index (χ0n) is 7.59. The molecule has 0 atom stereocenters. The lowest BCUT2D eigenvalue weighted by atomic mass is 10.1. The summed E-state index contributed by atoms with van der Waals surface area (Å²) in [5.74, 6) is -0.297. The molecule has 4 heteroatoms. The molecule has 0 bridgehead atoms. The van der Waals surface area contributed by atoms with Gasteiger partial charge in [-0.05, 0) is 17.7 Å². The summed E-state index contributed by atoms with van der Waals surface area (Å²) in [4.78, 5) is 11.2. The second kappa shape index (κ2) is 5.95. The maximum absolute atomic E-state index is 12.5. The van der Waals surface area contributed by atoms with Crippen LogP contribution < -0.4 is 5.32 Å². The first-order chi connectivity index (χ1) is 6.72. The lowest BCUT2D eigenvalue weighted by Gasteiger charge is -2.02. The minimum atomic E-state index is -0.276. The minimum absolute atomic E-state index is 0.0201. The van der Waals surface area contributed by atoms with Gasteiger partial charge in [0.25, 0.3) is 0 Å². The van der Waals surface area contributed by atoms with Gasteiger partial charge in [0.05, 0.1) is 6.42 Å². The number of alkyl halides is 1. The van der Waals surface area contributed by atoms with Crippen LogP contribution in [-0.2, 0) is 11.2 Å². The summed E-state index contributed by atoms with van der Waals surface area (Å²) in [6, 6.07) is 5.97. The topological polar surface area (TPSA) is 29.1 Å². The Morgan fingerprint density at radius 1 is 1.36 bits per heavy atom. The van der Waals surface area contributed by atoms with E-state index in [2.05, 4.69) is 27.9 Å². The van der Waals surface area contributed by atoms with E-state index in [1.54, 1.807) is 12.1 Å².